The molecule has 168 valence electrons. The van der Waals surface area contributed by atoms with Gasteiger partial charge in [0.1, 0.15) is 23.0 Å². The number of aromatic amines is 1. The second kappa shape index (κ2) is 8.74. The summed E-state index contributed by atoms with van der Waals surface area (Å²) in [5, 5.41) is 17.9. The third kappa shape index (κ3) is 3.88. The Bertz CT molecular complexity index is 1130. The fourth-order valence-electron chi connectivity index (χ4n) is 4.45. The third-order valence-electron chi connectivity index (χ3n) is 5.75. The molecule has 2 N–H and O–H groups in total. The van der Waals surface area contributed by atoms with Crippen LogP contribution in [0.5, 0.6) is 5.75 Å². The van der Waals surface area contributed by atoms with Gasteiger partial charge in [0.2, 0.25) is 0 Å². The summed E-state index contributed by atoms with van der Waals surface area (Å²) in [6.45, 7) is 8.62. The first-order chi connectivity index (χ1) is 15.3. The minimum atomic E-state index is -0.647. The van der Waals surface area contributed by atoms with Gasteiger partial charge in [0.15, 0.2) is 0 Å². The van der Waals surface area contributed by atoms with Gasteiger partial charge in [-0.3, -0.25) is 9.89 Å². The van der Waals surface area contributed by atoms with Gasteiger partial charge in [-0.15, -0.1) is 0 Å². The average Bonchev–Trinajstić information content (AvgIpc) is 3.25. The van der Waals surface area contributed by atoms with Crippen LogP contribution in [0, 0.1) is 19.7 Å². The van der Waals surface area contributed by atoms with E-state index >= 15 is 0 Å². The minimum Gasteiger partial charge on any atom is -0.507 e. The summed E-state index contributed by atoms with van der Waals surface area (Å²) in [5.74, 6) is -0.542. The molecule has 0 saturated carbocycles. The van der Waals surface area contributed by atoms with Crippen molar-refractivity contribution in [2.24, 2.45) is 0 Å². The number of H-pyrrole nitrogens is 1. The molecule has 1 unspecified atom stereocenters. The highest BCUT2D eigenvalue weighted by Crippen LogP contribution is 2.46. The van der Waals surface area contributed by atoms with E-state index in [1.165, 1.54) is 6.07 Å². The van der Waals surface area contributed by atoms with Gasteiger partial charge in [-0.25, -0.2) is 4.39 Å². The molecule has 0 spiro atoms. The number of ether oxygens (including phenoxy) is 1. The van der Waals surface area contributed by atoms with Gasteiger partial charge in [-0.05, 0) is 57.4 Å². The number of fused-ring (bicyclic) bond motifs is 1. The predicted molar refractivity (Wildman–Crippen MR) is 120 cm³/mol. The predicted octanol–water partition coefficient (Wildman–Crippen LogP) is 4.90. The third-order valence-corrected chi connectivity index (χ3v) is 5.75. The van der Waals surface area contributed by atoms with Crippen molar-refractivity contribution in [3.63, 3.8) is 0 Å². The van der Waals surface area contributed by atoms with Gasteiger partial charge >= 0.3 is 0 Å². The number of phenols is 1. The van der Waals surface area contributed by atoms with E-state index in [1.807, 2.05) is 33.8 Å². The maximum absolute atomic E-state index is 14.9. The van der Waals surface area contributed by atoms with Crippen molar-refractivity contribution >= 4 is 5.91 Å². The average molecular weight is 438 g/mol. The highest BCUT2D eigenvalue weighted by molar-refractivity contribution is 6.00. The number of benzene rings is 2. The molecule has 1 aromatic heterocycles. The largest absolute Gasteiger partial charge is 0.507 e. The topological polar surface area (TPSA) is 78.5 Å². The molecule has 0 aliphatic carbocycles. The minimum absolute atomic E-state index is 0.0836. The van der Waals surface area contributed by atoms with Crippen molar-refractivity contribution in [3.8, 4) is 17.0 Å². The number of hydrogen-bond acceptors (Lipinski definition) is 4. The number of rotatable bonds is 7. The Hall–Kier alpha value is -3.19. The Morgan fingerprint density at radius 1 is 1.25 bits per heavy atom. The van der Waals surface area contributed by atoms with Crippen molar-refractivity contribution in [2.75, 3.05) is 13.2 Å². The second-order valence-electron chi connectivity index (χ2n) is 8.53. The van der Waals surface area contributed by atoms with Crippen LogP contribution in [0.3, 0.4) is 0 Å². The molecular weight excluding hydrogens is 409 g/mol. The number of nitrogens with one attached hydrogen (secondary N) is 1. The monoisotopic (exact) mass is 437 g/mol. The van der Waals surface area contributed by atoms with E-state index < -0.39 is 11.9 Å². The van der Waals surface area contributed by atoms with Crippen molar-refractivity contribution in [3.05, 3.63) is 70.2 Å². The summed E-state index contributed by atoms with van der Waals surface area (Å²) in [5.41, 5.74) is 4.09. The number of nitrogens with zero attached hydrogens (tertiary/aromatic N) is 2. The number of carbonyl (C=O) groups is 1. The quantitative estimate of drug-likeness (QED) is 0.516. The SMILES string of the molecule is Cc1cc(C)c(-c2n[nH]c3c2C(c2ccccc2F)N(CCCOC(C)C)C3=O)c(O)c1. The molecule has 1 aliphatic rings. The molecule has 4 rings (SSSR count). The van der Waals surface area contributed by atoms with Gasteiger partial charge in [0, 0.05) is 29.8 Å². The van der Waals surface area contributed by atoms with Crippen molar-refractivity contribution in [2.45, 2.75) is 46.3 Å². The van der Waals surface area contributed by atoms with Crippen molar-refractivity contribution in [1.29, 1.82) is 0 Å². The van der Waals surface area contributed by atoms with Gasteiger partial charge in [-0.1, -0.05) is 24.3 Å². The highest BCUT2D eigenvalue weighted by Gasteiger charge is 2.43. The number of phenolic OH excluding ortho intramolecular Hbond substituents is 1. The van der Waals surface area contributed by atoms with E-state index in [1.54, 1.807) is 29.2 Å². The van der Waals surface area contributed by atoms with Crippen LogP contribution in [0.15, 0.2) is 36.4 Å². The zero-order valence-electron chi connectivity index (χ0n) is 18.8. The van der Waals surface area contributed by atoms with Crippen LogP contribution in [-0.2, 0) is 4.74 Å². The van der Waals surface area contributed by atoms with E-state index in [0.29, 0.717) is 47.7 Å². The van der Waals surface area contributed by atoms with Crippen LogP contribution in [0.25, 0.3) is 11.3 Å². The molecule has 1 aliphatic heterocycles. The summed E-state index contributed by atoms with van der Waals surface area (Å²) < 4.78 is 20.6. The summed E-state index contributed by atoms with van der Waals surface area (Å²) in [4.78, 5) is 15.0. The summed E-state index contributed by atoms with van der Waals surface area (Å²) in [7, 11) is 0. The maximum Gasteiger partial charge on any atom is 0.273 e. The molecule has 2 heterocycles. The van der Waals surface area contributed by atoms with E-state index in [4.69, 9.17) is 4.74 Å². The van der Waals surface area contributed by atoms with E-state index in [-0.39, 0.29) is 17.8 Å². The second-order valence-corrected chi connectivity index (χ2v) is 8.53. The Labute approximate surface area is 187 Å². The molecule has 1 atom stereocenters. The lowest BCUT2D eigenvalue weighted by Gasteiger charge is -2.27. The first-order valence-corrected chi connectivity index (χ1v) is 10.9. The molecule has 2 aromatic carbocycles. The standard InChI is InChI=1S/C25H28FN3O3/c1-14(2)32-11-7-10-29-24(17-8-5-6-9-18(17)26)21-22(27-28-23(21)25(29)31)20-16(4)12-15(3)13-19(20)30/h5-6,8-9,12-14,24,30H,7,10-11H2,1-4H3,(H,27,28). The molecule has 6 nitrogen and oxygen atoms in total. The highest BCUT2D eigenvalue weighted by atomic mass is 19.1. The number of aromatic nitrogens is 2. The number of aromatic hydroxyl groups is 1. The number of aryl methyl sites for hydroxylation is 2. The van der Waals surface area contributed by atoms with Crippen molar-refractivity contribution < 1.29 is 19.0 Å². The van der Waals surface area contributed by atoms with Crippen LogP contribution in [-0.4, -0.2) is 45.4 Å². The number of hydrogen-bond donors (Lipinski definition) is 2. The number of halogens is 1. The van der Waals surface area contributed by atoms with E-state index in [2.05, 4.69) is 10.2 Å². The normalized spacial score (nSPS) is 15.6. The molecule has 7 heteroatoms. The van der Waals surface area contributed by atoms with Crippen LogP contribution < -0.4 is 0 Å². The maximum atomic E-state index is 14.9. The Morgan fingerprint density at radius 2 is 2.00 bits per heavy atom. The Balaban J connectivity index is 1.81. The van der Waals surface area contributed by atoms with Gasteiger partial charge in [-0.2, -0.15) is 5.10 Å². The molecule has 1 amide bonds. The summed E-state index contributed by atoms with van der Waals surface area (Å²) in [6, 6.07) is 9.45. The molecule has 32 heavy (non-hydrogen) atoms. The molecule has 0 bridgehead atoms. The van der Waals surface area contributed by atoms with Crippen LogP contribution in [0.4, 0.5) is 4.39 Å². The van der Waals surface area contributed by atoms with E-state index in [0.717, 1.165) is 11.1 Å². The van der Waals surface area contributed by atoms with Crippen LogP contribution in [0.2, 0.25) is 0 Å². The van der Waals surface area contributed by atoms with E-state index in [9.17, 15) is 14.3 Å². The van der Waals surface area contributed by atoms with Crippen LogP contribution >= 0.6 is 0 Å². The molecule has 0 radical (unpaired) electrons. The molecule has 0 fully saturated rings. The molecule has 3 aromatic rings. The summed E-state index contributed by atoms with van der Waals surface area (Å²) >= 11 is 0. The smallest absolute Gasteiger partial charge is 0.273 e. The molecular formula is C25H28FN3O3. The number of amides is 1. The van der Waals surface area contributed by atoms with Gasteiger partial charge in [0.25, 0.3) is 5.91 Å². The van der Waals surface area contributed by atoms with Crippen molar-refractivity contribution in [1.82, 2.24) is 15.1 Å². The first-order valence-electron chi connectivity index (χ1n) is 10.9. The summed E-state index contributed by atoms with van der Waals surface area (Å²) in [6.07, 6.45) is 0.721. The lowest BCUT2D eigenvalue weighted by Crippen LogP contribution is -2.31. The lowest BCUT2D eigenvalue weighted by atomic mass is 9.93. The molecule has 0 saturated heterocycles. The number of carbonyl (C=O) groups excluding carboxylic acids is 1. The van der Waals surface area contributed by atoms with Gasteiger partial charge in [0.05, 0.1) is 12.1 Å². The Morgan fingerprint density at radius 3 is 2.69 bits per heavy atom. The zero-order chi connectivity index (χ0) is 23.0. The Kier molecular flexibility index (Phi) is 6.02. The first kappa shape index (κ1) is 22.0. The fraction of sp³-hybridized carbons (Fsp3) is 0.360. The zero-order valence-corrected chi connectivity index (χ0v) is 18.8. The lowest BCUT2D eigenvalue weighted by molar-refractivity contribution is 0.0599. The fourth-order valence-corrected chi connectivity index (χ4v) is 4.45. The van der Waals surface area contributed by atoms with Crippen LogP contribution in [0.1, 0.15) is 59.1 Å². The van der Waals surface area contributed by atoms with Gasteiger partial charge < -0.3 is 14.7 Å².